The summed E-state index contributed by atoms with van der Waals surface area (Å²) in [5.41, 5.74) is 0. The quantitative estimate of drug-likeness (QED) is 0.281. The summed E-state index contributed by atoms with van der Waals surface area (Å²) in [6.45, 7) is 7.55. The third kappa shape index (κ3) is 60.3. The summed E-state index contributed by atoms with van der Waals surface area (Å²) in [5.74, 6) is 0. The first kappa shape index (κ1) is 39.0. The van der Waals surface area contributed by atoms with Gasteiger partial charge in [-0.05, 0) is 38.0 Å². The van der Waals surface area contributed by atoms with Crippen molar-refractivity contribution in [2.24, 2.45) is 0 Å². The molecule has 0 aliphatic rings. The van der Waals surface area contributed by atoms with Crippen molar-refractivity contribution >= 4 is 62.8 Å². The molecule has 0 N–H and O–H groups in total. The van der Waals surface area contributed by atoms with Crippen LogP contribution in [0.2, 0.25) is 38.3 Å². The number of halogens is 2. The Morgan fingerprint density at radius 1 is 0.913 bits per heavy atom. The molecule has 0 unspecified atom stereocenters. The van der Waals surface area contributed by atoms with Crippen LogP contribution in [-0.4, -0.2) is 51.7 Å². The Labute approximate surface area is 175 Å². The first-order chi connectivity index (χ1) is 9.12. The molecule has 0 aromatic carbocycles. The molecule has 136 valence electrons. The zero-order valence-electron chi connectivity index (χ0n) is 13.0. The van der Waals surface area contributed by atoms with Gasteiger partial charge < -0.3 is 4.11 Å². The molecule has 0 heterocycles. The Morgan fingerprint density at radius 3 is 1.43 bits per heavy atom. The number of nitrogens with zero attached hydrogens (tertiary/aromatic N) is 2. The van der Waals surface area contributed by atoms with Gasteiger partial charge >= 0.3 is 37.3 Å². The Kier molecular flexibility index (Phi) is 42.3. The minimum atomic E-state index is -2.35. The van der Waals surface area contributed by atoms with Crippen LogP contribution in [0, 0.1) is 22.7 Å². The molecule has 8 heteroatoms. The maximum absolute atomic E-state index is 12.7. The molecule has 0 aromatic rings. The average molecular weight is 411 g/mol. The molecule has 0 atom stereocenters. The molecule has 0 bridgehead atoms. The number of nitriles is 2. The van der Waals surface area contributed by atoms with Gasteiger partial charge in [0.05, 0.1) is 12.1 Å². The van der Waals surface area contributed by atoms with Crippen LogP contribution in [-0.2, 0) is 1.43 Å². The Balaban J connectivity index is -0.0000000506. The van der Waals surface area contributed by atoms with Crippen molar-refractivity contribution in [2.45, 2.75) is 86.2 Å². The van der Waals surface area contributed by atoms with E-state index in [1.165, 1.54) is 0 Å². The first-order valence-electron chi connectivity index (χ1n) is 6.53. The Bertz CT molecular complexity index is 281. The van der Waals surface area contributed by atoms with Crippen molar-refractivity contribution < 1.29 is 5.54 Å². The van der Waals surface area contributed by atoms with Gasteiger partial charge in [-0.25, -0.2) is 0 Å². The second-order valence-electron chi connectivity index (χ2n) is 5.46. The van der Waals surface area contributed by atoms with E-state index in [2.05, 4.69) is 19.2 Å². The monoisotopic (exact) mass is 410 g/mol. The summed E-state index contributed by atoms with van der Waals surface area (Å²) in [6.07, 6.45) is 2.86. The summed E-state index contributed by atoms with van der Waals surface area (Å²) in [7, 11) is -3.72. The third-order valence-electron chi connectivity index (χ3n) is 2.12. The number of hydrogen-bond acceptors (Lipinski definition) is 3. The molecule has 0 aromatic heterocycles. The molecule has 0 radical (unpaired) electrons. The summed E-state index contributed by atoms with van der Waals surface area (Å²) in [6, 6.07) is 5.78. The molecule has 0 spiro atoms. The molecule has 0 aliphatic carbocycles. The summed E-state index contributed by atoms with van der Waals surface area (Å²) in [5, 5.41) is 16.3. The second-order valence-corrected chi connectivity index (χ2v) is 16.4. The van der Waals surface area contributed by atoms with Crippen LogP contribution in [0.5, 0.6) is 0 Å². The molecule has 0 rings (SSSR count). The fraction of sp³-hybridized carbons (Fsp3) is 0.867. The fourth-order valence-corrected chi connectivity index (χ4v) is 3.61. The van der Waals surface area contributed by atoms with E-state index in [1.54, 1.807) is 13.1 Å². The minimum absolute atomic E-state index is 0. The Hall–Kier alpha value is 0.694. The van der Waals surface area contributed by atoms with Crippen molar-refractivity contribution in [3.63, 3.8) is 0 Å². The van der Waals surface area contributed by atoms with Gasteiger partial charge in [0.15, 0.2) is 7.38 Å². The standard InChI is InChI=1S/C6H12ClNSi.C6H12FNSi.3CH4.Ca.O/c2*1-9(2,7)6-4-3-5-8;;;;;/h2*3-4,6H2,1-2H3;3*1H4;;. The summed E-state index contributed by atoms with van der Waals surface area (Å²) < 4.78 is 21.1. The van der Waals surface area contributed by atoms with Gasteiger partial charge in [0, 0.05) is 12.8 Å². The van der Waals surface area contributed by atoms with E-state index in [0.717, 1.165) is 18.9 Å². The van der Waals surface area contributed by atoms with Crippen molar-refractivity contribution in [2.75, 3.05) is 0 Å². The Morgan fingerprint density at radius 2 is 1.22 bits per heavy atom. The van der Waals surface area contributed by atoms with Crippen LogP contribution in [0.4, 0.5) is 4.11 Å². The first-order valence-corrected chi connectivity index (χ1v) is 14.7. The number of unbranched alkanes of at least 4 members (excludes halogenated alkanes) is 2. The molecular weight excluding hydrogens is 375 g/mol. The van der Waals surface area contributed by atoms with Gasteiger partial charge in [-0.15, -0.1) is 0 Å². The van der Waals surface area contributed by atoms with Crippen LogP contribution in [0.25, 0.3) is 0 Å². The van der Waals surface area contributed by atoms with Crippen LogP contribution in [0.15, 0.2) is 0 Å². The van der Waals surface area contributed by atoms with Gasteiger partial charge in [-0.1, -0.05) is 35.4 Å². The summed E-state index contributed by atoms with van der Waals surface area (Å²) >= 11 is 6.12. The van der Waals surface area contributed by atoms with Crippen molar-refractivity contribution in [1.82, 2.24) is 0 Å². The van der Waals surface area contributed by atoms with Crippen LogP contribution in [0.1, 0.15) is 48.0 Å². The van der Waals surface area contributed by atoms with E-state index in [-0.39, 0.29) is 58.2 Å². The van der Waals surface area contributed by atoms with E-state index >= 15 is 0 Å². The maximum atomic E-state index is 12.7. The molecule has 0 fully saturated rings. The zero-order valence-corrected chi connectivity index (χ0v) is 18.0. The van der Waals surface area contributed by atoms with Crippen LogP contribution in [0.3, 0.4) is 0 Å². The predicted molar refractivity (Wildman–Crippen MR) is 108 cm³/mol. The number of hydrogen-bond donors (Lipinski definition) is 0. The van der Waals surface area contributed by atoms with E-state index in [9.17, 15) is 4.11 Å². The van der Waals surface area contributed by atoms with Crippen LogP contribution < -0.4 is 0 Å². The van der Waals surface area contributed by atoms with Gasteiger partial charge in [-0.2, -0.15) is 21.6 Å². The topological polar surface area (TPSA) is 64.7 Å². The normalized spacial score (nSPS) is 8.78. The van der Waals surface area contributed by atoms with E-state index < -0.39 is 15.8 Å². The molecule has 0 aliphatic heterocycles. The van der Waals surface area contributed by atoms with Gasteiger partial charge in [0.2, 0.25) is 8.41 Å². The van der Waals surface area contributed by atoms with Gasteiger partial charge in [0.1, 0.15) is 0 Å². The number of rotatable bonds is 6. The predicted octanol–water partition coefficient (Wildman–Crippen LogP) is 6.61. The SMILES string of the molecule is C.C.C.C[Si](C)(Cl)CCCC#N.C[Si](C)(F)CCCC#N.[O]=[Ca]. The molecule has 0 saturated carbocycles. The molecule has 3 nitrogen and oxygen atoms in total. The molecule has 0 saturated heterocycles. The van der Waals surface area contributed by atoms with E-state index in [0.29, 0.717) is 18.9 Å². The molecule has 23 heavy (non-hydrogen) atoms. The average Bonchev–Trinajstić information content (AvgIpc) is 2.30. The van der Waals surface area contributed by atoms with Crippen LogP contribution >= 0.6 is 11.1 Å². The van der Waals surface area contributed by atoms with Crippen molar-refractivity contribution in [1.29, 1.82) is 10.5 Å². The van der Waals surface area contributed by atoms with E-state index in [1.807, 2.05) is 6.07 Å². The van der Waals surface area contributed by atoms with E-state index in [4.69, 9.17) is 23.0 Å². The third-order valence-corrected chi connectivity index (χ3v) is 5.77. The zero-order chi connectivity index (χ0) is 16.7. The fourth-order valence-electron chi connectivity index (χ4n) is 1.18. The molecular formula is C15H36CaClFN2OSi2. The summed E-state index contributed by atoms with van der Waals surface area (Å²) in [4.78, 5) is 0. The van der Waals surface area contributed by atoms with Crippen molar-refractivity contribution in [3.8, 4) is 12.1 Å². The van der Waals surface area contributed by atoms with Crippen molar-refractivity contribution in [3.05, 3.63) is 0 Å². The van der Waals surface area contributed by atoms with Gasteiger partial charge in [-0.3, -0.25) is 0 Å². The molecule has 0 amide bonds. The van der Waals surface area contributed by atoms with Gasteiger partial charge in [0.25, 0.3) is 0 Å². The second kappa shape index (κ2) is 24.9.